The summed E-state index contributed by atoms with van der Waals surface area (Å²) in [6, 6.07) is 25.5. The first kappa shape index (κ1) is 20.7. The number of benzene rings is 3. The summed E-state index contributed by atoms with van der Waals surface area (Å²) in [7, 11) is 0. The standard InChI is InChI=1S/C24H25ClN2O2/c25-23-11-5-4-10-20(23)17-27-24(28)18-26-21-12-14-22(15-13-21)29-16-6-9-19-7-2-1-3-8-19/h1-5,7-8,10-15,26H,6,9,16-18H2,(H,27,28). The lowest BCUT2D eigenvalue weighted by molar-refractivity contribution is -0.119. The van der Waals surface area contributed by atoms with Crippen molar-refractivity contribution in [2.75, 3.05) is 18.5 Å². The normalized spacial score (nSPS) is 10.4. The van der Waals surface area contributed by atoms with Gasteiger partial charge in [0.25, 0.3) is 0 Å². The van der Waals surface area contributed by atoms with E-state index in [2.05, 4.69) is 34.9 Å². The molecule has 0 aliphatic rings. The van der Waals surface area contributed by atoms with Crippen LogP contribution in [-0.2, 0) is 17.8 Å². The van der Waals surface area contributed by atoms with E-state index in [1.165, 1.54) is 5.56 Å². The van der Waals surface area contributed by atoms with Crippen LogP contribution in [0.4, 0.5) is 5.69 Å². The largest absolute Gasteiger partial charge is 0.494 e. The lowest BCUT2D eigenvalue weighted by atomic mass is 10.1. The van der Waals surface area contributed by atoms with Gasteiger partial charge in [0, 0.05) is 17.3 Å². The molecule has 0 spiro atoms. The summed E-state index contributed by atoms with van der Waals surface area (Å²) in [5.74, 6) is 0.734. The third-order valence-electron chi connectivity index (χ3n) is 4.46. The summed E-state index contributed by atoms with van der Waals surface area (Å²) < 4.78 is 5.79. The van der Waals surface area contributed by atoms with Gasteiger partial charge in [-0.2, -0.15) is 0 Å². The summed E-state index contributed by atoms with van der Waals surface area (Å²) in [5, 5.41) is 6.62. The molecule has 5 heteroatoms. The van der Waals surface area contributed by atoms with Gasteiger partial charge in [-0.25, -0.2) is 0 Å². The minimum atomic E-state index is -0.0915. The molecule has 1 amide bonds. The number of aryl methyl sites for hydroxylation is 1. The molecule has 0 saturated heterocycles. The van der Waals surface area contributed by atoms with Crippen LogP contribution in [0.25, 0.3) is 0 Å². The highest BCUT2D eigenvalue weighted by Crippen LogP contribution is 2.16. The molecule has 0 heterocycles. The van der Waals surface area contributed by atoms with E-state index in [4.69, 9.17) is 16.3 Å². The fourth-order valence-electron chi connectivity index (χ4n) is 2.86. The quantitative estimate of drug-likeness (QED) is 0.460. The Hall–Kier alpha value is -2.98. The van der Waals surface area contributed by atoms with Crippen molar-refractivity contribution in [2.24, 2.45) is 0 Å². The zero-order valence-electron chi connectivity index (χ0n) is 16.2. The number of hydrogen-bond acceptors (Lipinski definition) is 3. The van der Waals surface area contributed by atoms with Gasteiger partial charge in [0.2, 0.25) is 5.91 Å². The van der Waals surface area contributed by atoms with Gasteiger partial charge in [-0.1, -0.05) is 60.1 Å². The van der Waals surface area contributed by atoms with Crippen LogP contribution in [0.3, 0.4) is 0 Å². The number of amides is 1. The first-order valence-corrected chi connectivity index (χ1v) is 10.1. The Balaban J connectivity index is 1.34. The van der Waals surface area contributed by atoms with Crippen LogP contribution < -0.4 is 15.4 Å². The van der Waals surface area contributed by atoms with Crippen molar-refractivity contribution >= 4 is 23.2 Å². The molecule has 0 fully saturated rings. The van der Waals surface area contributed by atoms with Crippen molar-refractivity contribution in [1.82, 2.24) is 5.32 Å². The second-order valence-corrected chi connectivity index (χ2v) is 7.09. The second kappa shape index (κ2) is 11.1. The van der Waals surface area contributed by atoms with E-state index in [0.29, 0.717) is 18.2 Å². The molecule has 0 unspecified atom stereocenters. The maximum absolute atomic E-state index is 12.0. The maximum Gasteiger partial charge on any atom is 0.239 e. The smallest absolute Gasteiger partial charge is 0.239 e. The van der Waals surface area contributed by atoms with E-state index in [1.807, 2.05) is 54.6 Å². The van der Waals surface area contributed by atoms with Crippen LogP contribution in [0.2, 0.25) is 5.02 Å². The molecular weight excluding hydrogens is 384 g/mol. The third-order valence-corrected chi connectivity index (χ3v) is 4.83. The number of ether oxygens (including phenoxy) is 1. The molecule has 0 aliphatic carbocycles. The Morgan fingerprint density at radius 3 is 2.38 bits per heavy atom. The molecule has 0 atom stereocenters. The van der Waals surface area contributed by atoms with E-state index in [0.717, 1.165) is 29.8 Å². The second-order valence-electron chi connectivity index (χ2n) is 6.68. The number of hydrogen-bond donors (Lipinski definition) is 2. The van der Waals surface area contributed by atoms with Crippen LogP contribution in [0.1, 0.15) is 17.5 Å². The van der Waals surface area contributed by atoms with E-state index in [9.17, 15) is 4.79 Å². The molecule has 0 aliphatic heterocycles. The number of nitrogens with one attached hydrogen (secondary N) is 2. The molecule has 2 N–H and O–H groups in total. The van der Waals surface area contributed by atoms with Crippen molar-refractivity contribution < 1.29 is 9.53 Å². The summed E-state index contributed by atoms with van der Waals surface area (Å²) in [6.07, 6.45) is 1.97. The fraction of sp³-hybridized carbons (Fsp3) is 0.208. The number of halogens is 1. The first-order chi connectivity index (χ1) is 14.2. The molecule has 29 heavy (non-hydrogen) atoms. The van der Waals surface area contributed by atoms with Crippen LogP contribution in [0.15, 0.2) is 78.9 Å². The minimum absolute atomic E-state index is 0.0915. The molecule has 150 valence electrons. The summed E-state index contributed by atoms with van der Waals surface area (Å²) >= 11 is 6.09. The topological polar surface area (TPSA) is 50.4 Å². The van der Waals surface area contributed by atoms with E-state index in [-0.39, 0.29) is 12.5 Å². The average molecular weight is 409 g/mol. The van der Waals surface area contributed by atoms with E-state index in [1.54, 1.807) is 0 Å². The van der Waals surface area contributed by atoms with Crippen molar-refractivity contribution in [3.8, 4) is 5.75 Å². The molecule has 3 aromatic carbocycles. The third kappa shape index (κ3) is 7.16. The number of rotatable bonds is 10. The lowest BCUT2D eigenvalue weighted by Gasteiger charge is -2.10. The minimum Gasteiger partial charge on any atom is -0.494 e. The Kier molecular flexibility index (Phi) is 7.96. The Morgan fingerprint density at radius 1 is 0.897 bits per heavy atom. The molecule has 0 saturated carbocycles. The van der Waals surface area contributed by atoms with Crippen molar-refractivity contribution in [2.45, 2.75) is 19.4 Å². The van der Waals surface area contributed by atoms with Crippen LogP contribution in [0, 0.1) is 0 Å². The van der Waals surface area contributed by atoms with E-state index < -0.39 is 0 Å². The van der Waals surface area contributed by atoms with Gasteiger partial charge in [0.1, 0.15) is 5.75 Å². The van der Waals surface area contributed by atoms with Crippen molar-refractivity contribution in [3.63, 3.8) is 0 Å². The molecule has 0 radical (unpaired) electrons. The van der Waals surface area contributed by atoms with Gasteiger partial charge >= 0.3 is 0 Å². The van der Waals surface area contributed by atoms with Gasteiger partial charge in [0.15, 0.2) is 0 Å². The Bertz CT molecular complexity index is 898. The van der Waals surface area contributed by atoms with Crippen molar-refractivity contribution in [3.05, 3.63) is 95.0 Å². The van der Waals surface area contributed by atoms with Gasteiger partial charge < -0.3 is 15.4 Å². The monoisotopic (exact) mass is 408 g/mol. The van der Waals surface area contributed by atoms with Gasteiger partial charge in [-0.3, -0.25) is 4.79 Å². The molecule has 0 bridgehead atoms. The molecule has 3 aromatic rings. The van der Waals surface area contributed by atoms with Gasteiger partial charge in [0.05, 0.1) is 13.2 Å². The SMILES string of the molecule is O=C(CNc1ccc(OCCCc2ccccc2)cc1)NCc1ccccc1Cl. The summed E-state index contributed by atoms with van der Waals surface area (Å²) in [4.78, 5) is 12.0. The Morgan fingerprint density at radius 2 is 1.62 bits per heavy atom. The molecule has 3 rings (SSSR count). The summed E-state index contributed by atoms with van der Waals surface area (Å²) in [6.45, 7) is 1.28. The van der Waals surface area contributed by atoms with Crippen LogP contribution in [-0.4, -0.2) is 19.1 Å². The van der Waals surface area contributed by atoms with Crippen molar-refractivity contribution in [1.29, 1.82) is 0 Å². The van der Waals surface area contributed by atoms with Gasteiger partial charge in [-0.05, 0) is 54.3 Å². The number of anilines is 1. The fourth-order valence-corrected chi connectivity index (χ4v) is 3.06. The highest BCUT2D eigenvalue weighted by atomic mass is 35.5. The molecule has 4 nitrogen and oxygen atoms in total. The molecular formula is C24H25ClN2O2. The van der Waals surface area contributed by atoms with Crippen LogP contribution in [0.5, 0.6) is 5.75 Å². The number of carbonyl (C=O) groups is 1. The highest BCUT2D eigenvalue weighted by molar-refractivity contribution is 6.31. The van der Waals surface area contributed by atoms with Gasteiger partial charge in [-0.15, -0.1) is 0 Å². The number of carbonyl (C=O) groups excluding carboxylic acids is 1. The lowest BCUT2D eigenvalue weighted by Crippen LogP contribution is -2.29. The zero-order chi connectivity index (χ0) is 20.3. The zero-order valence-corrected chi connectivity index (χ0v) is 17.0. The first-order valence-electron chi connectivity index (χ1n) is 9.71. The Labute approximate surface area is 176 Å². The summed E-state index contributed by atoms with van der Waals surface area (Å²) in [5.41, 5.74) is 3.09. The highest BCUT2D eigenvalue weighted by Gasteiger charge is 2.04. The predicted molar refractivity (Wildman–Crippen MR) is 118 cm³/mol. The van der Waals surface area contributed by atoms with E-state index >= 15 is 0 Å². The van der Waals surface area contributed by atoms with Crippen LogP contribution >= 0.6 is 11.6 Å². The average Bonchev–Trinajstić information content (AvgIpc) is 2.76. The molecule has 0 aromatic heterocycles. The predicted octanol–water partition coefficient (Wildman–Crippen LogP) is 5.08. The maximum atomic E-state index is 12.0.